The Balaban J connectivity index is 1.66. The molecule has 88 valence electrons. The van der Waals surface area contributed by atoms with Crippen LogP contribution in [0.5, 0.6) is 0 Å². The van der Waals surface area contributed by atoms with Gasteiger partial charge in [0, 0.05) is 12.1 Å². The fraction of sp³-hybridized carbons (Fsp3) is 1.00. The van der Waals surface area contributed by atoms with Gasteiger partial charge in [0.25, 0.3) is 0 Å². The topological polar surface area (TPSA) is 58.3 Å². The summed E-state index contributed by atoms with van der Waals surface area (Å²) in [5.41, 5.74) is 6.68. The van der Waals surface area contributed by atoms with Crippen LogP contribution >= 0.6 is 0 Å². The molecule has 2 aliphatic rings. The van der Waals surface area contributed by atoms with Crippen molar-refractivity contribution < 1.29 is 5.11 Å². The maximum Gasteiger partial charge on any atom is 0.0443 e. The molecule has 0 atom stereocenters. The zero-order chi connectivity index (χ0) is 10.7. The maximum atomic E-state index is 8.66. The summed E-state index contributed by atoms with van der Waals surface area (Å²) in [6.45, 7) is 2.22. The summed E-state index contributed by atoms with van der Waals surface area (Å²) in [4.78, 5) is 0. The van der Waals surface area contributed by atoms with Gasteiger partial charge in [0.15, 0.2) is 0 Å². The van der Waals surface area contributed by atoms with Gasteiger partial charge in [-0.25, -0.2) is 0 Å². The van der Waals surface area contributed by atoms with E-state index in [2.05, 4.69) is 5.32 Å². The first-order valence-electron chi connectivity index (χ1n) is 6.38. The van der Waals surface area contributed by atoms with Crippen LogP contribution < -0.4 is 11.1 Å². The quantitative estimate of drug-likeness (QED) is 0.523. The third-order valence-corrected chi connectivity index (χ3v) is 3.92. The lowest BCUT2D eigenvalue weighted by Crippen LogP contribution is -2.46. The number of aliphatic hydroxyl groups excluding tert-OH is 1. The molecule has 0 aromatic carbocycles. The fourth-order valence-electron chi connectivity index (χ4n) is 2.62. The van der Waals surface area contributed by atoms with Crippen molar-refractivity contribution in [1.29, 1.82) is 0 Å². The van der Waals surface area contributed by atoms with Gasteiger partial charge < -0.3 is 16.2 Å². The minimum Gasteiger partial charge on any atom is -0.396 e. The van der Waals surface area contributed by atoms with Crippen molar-refractivity contribution in [3.05, 3.63) is 0 Å². The molecule has 2 saturated carbocycles. The number of rotatable bonds is 8. The van der Waals surface area contributed by atoms with Crippen LogP contribution in [0.3, 0.4) is 0 Å². The van der Waals surface area contributed by atoms with Gasteiger partial charge in [0.05, 0.1) is 0 Å². The molecule has 2 fully saturated rings. The van der Waals surface area contributed by atoms with Crippen molar-refractivity contribution in [2.75, 3.05) is 19.7 Å². The lowest BCUT2D eigenvalue weighted by molar-refractivity contribution is 0.276. The van der Waals surface area contributed by atoms with Crippen molar-refractivity contribution in [1.82, 2.24) is 5.32 Å². The van der Waals surface area contributed by atoms with E-state index in [1.807, 2.05) is 0 Å². The van der Waals surface area contributed by atoms with E-state index < -0.39 is 0 Å². The second-order valence-electron chi connectivity index (χ2n) is 5.24. The first kappa shape index (κ1) is 11.4. The fourth-order valence-corrected chi connectivity index (χ4v) is 2.62. The summed E-state index contributed by atoms with van der Waals surface area (Å²) in [5, 5.41) is 12.0. The Hall–Kier alpha value is -0.120. The molecule has 3 heteroatoms. The summed E-state index contributed by atoms with van der Waals surface area (Å²) in [7, 11) is 0. The Morgan fingerprint density at radius 1 is 1.13 bits per heavy atom. The molecule has 4 N–H and O–H groups in total. The molecule has 2 rings (SSSR count). The smallest absolute Gasteiger partial charge is 0.0443 e. The second-order valence-corrected chi connectivity index (χ2v) is 5.24. The summed E-state index contributed by atoms with van der Waals surface area (Å²) in [6.07, 6.45) is 7.37. The van der Waals surface area contributed by atoms with Crippen LogP contribution in [0.2, 0.25) is 0 Å². The van der Waals surface area contributed by atoms with E-state index in [0.29, 0.717) is 0 Å². The minimum absolute atomic E-state index is 0.145. The number of hydrogen-bond donors (Lipinski definition) is 3. The number of hydrogen-bond acceptors (Lipinski definition) is 3. The Morgan fingerprint density at radius 2 is 1.73 bits per heavy atom. The van der Waals surface area contributed by atoms with E-state index in [9.17, 15) is 0 Å². The molecule has 0 aromatic heterocycles. The van der Waals surface area contributed by atoms with E-state index in [0.717, 1.165) is 37.8 Å². The average molecular weight is 212 g/mol. The van der Waals surface area contributed by atoms with Gasteiger partial charge in [-0.1, -0.05) is 0 Å². The highest BCUT2D eigenvalue weighted by molar-refractivity contribution is 5.07. The Bertz CT molecular complexity index is 188. The van der Waals surface area contributed by atoms with Crippen molar-refractivity contribution in [2.24, 2.45) is 17.6 Å². The third kappa shape index (κ3) is 2.92. The normalized spacial score (nSPS) is 22.0. The zero-order valence-corrected chi connectivity index (χ0v) is 9.54. The SMILES string of the molecule is NC(CCNCCCO)(C1CC1)C1CC1. The molecule has 2 aliphatic carbocycles. The van der Waals surface area contributed by atoms with Crippen LogP contribution in [0.15, 0.2) is 0 Å². The standard InChI is InChI=1S/C12H24N2O/c13-12(10-2-3-10,11-4-5-11)6-8-14-7-1-9-15/h10-11,14-15H,1-9,13H2. The molecule has 0 amide bonds. The Labute approximate surface area is 92.4 Å². The van der Waals surface area contributed by atoms with E-state index >= 15 is 0 Å². The highest BCUT2D eigenvalue weighted by atomic mass is 16.3. The van der Waals surface area contributed by atoms with Crippen LogP contribution in [-0.4, -0.2) is 30.3 Å². The second kappa shape index (κ2) is 4.81. The van der Waals surface area contributed by atoms with Gasteiger partial charge in [0.1, 0.15) is 0 Å². The first-order chi connectivity index (χ1) is 7.27. The minimum atomic E-state index is 0.145. The molecule has 0 radical (unpaired) electrons. The summed E-state index contributed by atoms with van der Waals surface area (Å²) >= 11 is 0. The molecule has 0 aliphatic heterocycles. The molecular weight excluding hydrogens is 188 g/mol. The van der Waals surface area contributed by atoms with E-state index in [-0.39, 0.29) is 12.1 Å². The molecule has 0 bridgehead atoms. The molecule has 0 aromatic rings. The molecule has 3 nitrogen and oxygen atoms in total. The van der Waals surface area contributed by atoms with E-state index in [1.54, 1.807) is 0 Å². The summed E-state index contributed by atoms with van der Waals surface area (Å²) in [6, 6.07) is 0. The first-order valence-corrected chi connectivity index (χ1v) is 6.38. The summed E-state index contributed by atoms with van der Waals surface area (Å²) < 4.78 is 0. The van der Waals surface area contributed by atoms with Gasteiger partial charge >= 0.3 is 0 Å². The molecule has 0 spiro atoms. The van der Waals surface area contributed by atoms with Gasteiger partial charge in [0.2, 0.25) is 0 Å². The van der Waals surface area contributed by atoms with Crippen LogP contribution in [0.25, 0.3) is 0 Å². The lowest BCUT2D eigenvalue weighted by atomic mass is 9.85. The molecule has 15 heavy (non-hydrogen) atoms. The largest absolute Gasteiger partial charge is 0.396 e. The van der Waals surface area contributed by atoms with E-state index in [1.165, 1.54) is 25.7 Å². The predicted molar refractivity (Wildman–Crippen MR) is 61.6 cm³/mol. The predicted octanol–water partition coefficient (Wildman–Crippen LogP) is 0.866. The molecule has 0 unspecified atom stereocenters. The average Bonchev–Trinajstić information content (AvgIpc) is 3.07. The maximum absolute atomic E-state index is 8.66. The van der Waals surface area contributed by atoms with Crippen LogP contribution in [-0.2, 0) is 0 Å². The van der Waals surface area contributed by atoms with Crippen molar-refractivity contribution in [3.63, 3.8) is 0 Å². The van der Waals surface area contributed by atoms with E-state index in [4.69, 9.17) is 10.8 Å². The van der Waals surface area contributed by atoms with Gasteiger partial charge in [-0.15, -0.1) is 0 Å². The Morgan fingerprint density at radius 3 is 2.20 bits per heavy atom. The van der Waals surface area contributed by atoms with Crippen molar-refractivity contribution >= 4 is 0 Å². The summed E-state index contributed by atoms with van der Waals surface area (Å²) in [5.74, 6) is 1.62. The van der Waals surface area contributed by atoms with Crippen molar-refractivity contribution in [3.8, 4) is 0 Å². The van der Waals surface area contributed by atoms with Crippen LogP contribution in [0.4, 0.5) is 0 Å². The number of aliphatic hydroxyl groups is 1. The highest BCUT2D eigenvalue weighted by Crippen LogP contribution is 2.51. The van der Waals surface area contributed by atoms with Gasteiger partial charge in [-0.2, -0.15) is 0 Å². The van der Waals surface area contributed by atoms with Crippen LogP contribution in [0, 0.1) is 11.8 Å². The monoisotopic (exact) mass is 212 g/mol. The van der Waals surface area contributed by atoms with Gasteiger partial charge in [-0.3, -0.25) is 0 Å². The molecule has 0 saturated heterocycles. The zero-order valence-electron chi connectivity index (χ0n) is 9.54. The molecule has 0 heterocycles. The molecular formula is C12H24N2O. The Kier molecular flexibility index (Phi) is 3.65. The number of nitrogens with one attached hydrogen (secondary N) is 1. The van der Waals surface area contributed by atoms with Crippen LogP contribution in [0.1, 0.15) is 38.5 Å². The highest BCUT2D eigenvalue weighted by Gasteiger charge is 2.50. The number of nitrogens with two attached hydrogens (primary N) is 1. The van der Waals surface area contributed by atoms with Gasteiger partial charge in [-0.05, 0) is 63.5 Å². The third-order valence-electron chi connectivity index (χ3n) is 3.92. The van der Waals surface area contributed by atoms with Crippen molar-refractivity contribution in [2.45, 2.75) is 44.1 Å². The lowest BCUT2D eigenvalue weighted by Gasteiger charge is -2.30.